The fraction of sp³-hybridized carbons (Fsp3) is 0.333. The van der Waals surface area contributed by atoms with E-state index >= 15 is 0 Å². The van der Waals surface area contributed by atoms with Gasteiger partial charge in [-0.3, -0.25) is 0 Å². The van der Waals surface area contributed by atoms with E-state index in [-0.39, 0.29) is 6.10 Å². The van der Waals surface area contributed by atoms with Crippen LogP contribution in [0.1, 0.15) is 22.8 Å². The third kappa shape index (κ3) is 3.92. The molecular formula is C18H24NO+. The van der Waals surface area contributed by atoms with Crippen LogP contribution in [0.4, 0.5) is 0 Å². The predicted octanol–water partition coefficient (Wildman–Crippen LogP) is 2.25. The summed E-state index contributed by atoms with van der Waals surface area (Å²) in [7, 11) is 4.29. The van der Waals surface area contributed by atoms with Crippen molar-refractivity contribution in [3.05, 3.63) is 71.3 Å². The van der Waals surface area contributed by atoms with E-state index in [4.69, 9.17) is 4.74 Å². The molecule has 2 heteroatoms. The highest BCUT2D eigenvalue weighted by atomic mass is 16.5. The minimum atomic E-state index is 0.0248. The van der Waals surface area contributed by atoms with Crippen molar-refractivity contribution in [1.82, 2.24) is 0 Å². The lowest BCUT2D eigenvalue weighted by Crippen LogP contribution is -3.06. The molecule has 2 nitrogen and oxygen atoms in total. The molecule has 0 heterocycles. The zero-order valence-electron chi connectivity index (χ0n) is 12.6. The molecule has 0 fully saturated rings. The van der Waals surface area contributed by atoms with E-state index in [9.17, 15) is 0 Å². The molecule has 0 aromatic heterocycles. The van der Waals surface area contributed by atoms with Gasteiger partial charge < -0.3 is 9.64 Å². The summed E-state index contributed by atoms with van der Waals surface area (Å²) in [6.45, 7) is 3.91. The zero-order chi connectivity index (χ0) is 14.4. The van der Waals surface area contributed by atoms with Crippen LogP contribution in [0.5, 0.6) is 0 Å². The van der Waals surface area contributed by atoms with Crippen molar-refractivity contribution in [3.8, 4) is 0 Å². The summed E-state index contributed by atoms with van der Waals surface area (Å²) in [5, 5.41) is 0. The first kappa shape index (κ1) is 14.8. The van der Waals surface area contributed by atoms with E-state index in [1.54, 1.807) is 0 Å². The molecule has 2 aromatic carbocycles. The van der Waals surface area contributed by atoms with Gasteiger partial charge in [0.15, 0.2) is 0 Å². The van der Waals surface area contributed by atoms with E-state index in [0.29, 0.717) is 0 Å². The van der Waals surface area contributed by atoms with Gasteiger partial charge in [-0.1, -0.05) is 54.6 Å². The Morgan fingerprint density at radius 3 is 2.25 bits per heavy atom. The van der Waals surface area contributed by atoms with E-state index < -0.39 is 0 Å². The minimum Gasteiger partial charge on any atom is -0.363 e. The summed E-state index contributed by atoms with van der Waals surface area (Å²) < 4.78 is 6.19. The maximum atomic E-state index is 6.19. The third-order valence-corrected chi connectivity index (χ3v) is 3.46. The molecule has 0 amide bonds. The Balaban J connectivity index is 2.23. The Morgan fingerprint density at radius 2 is 1.60 bits per heavy atom. The SMILES string of the molecule is Cc1ccccc1C(OCC[NH+](C)C)c1ccccc1. The minimum absolute atomic E-state index is 0.0248. The van der Waals surface area contributed by atoms with Gasteiger partial charge in [0.05, 0.1) is 20.7 Å². The van der Waals surface area contributed by atoms with E-state index in [2.05, 4.69) is 69.6 Å². The van der Waals surface area contributed by atoms with Crippen LogP contribution >= 0.6 is 0 Å². The van der Waals surface area contributed by atoms with E-state index in [1.807, 2.05) is 6.07 Å². The molecule has 0 saturated carbocycles. The van der Waals surface area contributed by atoms with Crippen LogP contribution in [0, 0.1) is 6.92 Å². The van der Waals surface area contributed by atoms with Gasteiger partial charge >= 0.3 is 0 Å². The van der Waals surface area contributed by atoms with Crippen molar-refractivity contribution >= 4 is 0 Å². The van der Waals surface area contributed by atoms with Crippen LogP contribution in [0.3, 0.4) is 0 Å². The number of nitrogens with one attached hydrogen (secondary N) is 1. The second-order valence-corrected chi connectivity index (χ2v) is 5.48. The molecule has 0 radical (unpaired) electrons. The number of hydrogen-bond donors (Lipinski definition) is 1. The van der Waals surface area contributed by atoms with Gasteiger partial charge in [0.25, 0.3) is 0 Å². The number of quaternary nitrogens is 1. The fourth-order valence-corrected chi connectivity index (χ4v) is 2.26. The maximum absolute atomic E-state index is 6.19. The lowest BCUT2D eigenvalue weighted by Gasteiger charge is -2.21. The van der Waals surface area contributed by atoms with Crippen molar-refractivity contribution in [2.75, 3.05) is 27.2 Å². The fourth-order valence-electron chi connectivity index (χ4n) is 2.26. The topological polar surface area (TPSA) is 13.7 Å². The van der Waals surface area contributed by atoms with Crippen LogP contribution in [0.25, 0.3) is 0 Å². The van der Waals surface area contributed by atoms with Gasteiger partial charge in [-0.05, 0) is 23.6 Å². The summed E-state index contributed by atoms with van der Waals surface area (Å²) >= 11 is 0. The Kier molecular flexibility index (Phi) is 5.33. The Labute approximate surface area is 122 Å². The number of ether oxygens (including phenoxy) is 1. The molecule has 20 heavy (non-hydrogen) atoms. The average molecular weight is 270 g/mol. The first-order valence-electron chi connectivity index (χ1n) is 7.19. The zero-order valence-corrected chi connectivity index (χ0v) is 12.6. The summed E-state index contributed by atoms with van der Waals surface area (Å²) in [5.74, 6) is 0. The molecule has 1 unspecified atom stereocenters. The standard InChI is InChI=1S/C18H23NO/c1-15-9-7-8-12-17(15)18(20-14-13-19(2)3)16-10-5-4-6-11-16/h4-12,18H,13-14H2,1-3H3/p+1. The highest BCUT2D eigenvalue weighted by molar-refractivity contribution is 5.35. The van der Waals surface area contributed by atoms with Gasteiger partial charge in [-0.25, -0.2) is 0 Å². The molecule has 106 valence electrons. The highest BCUT2D eigenvalue weighted by Crippen LogP contribution is 2.27. The molecule has 2 aromatic rings. The molecule has 1 atom stereocenters. The van der Waals surface area contributed by atoms with Crippen molar-refractivity contribution in [2.24, 2.45) is 0 Å². The summed E-state index contributed by atoms with van der Waals surface area (Å²) in [5.41, 5.74) is 3.75. The lowest BCUT2D eigenvalue weighted by molar-refractivity contribution is -0.858. The molecule has 0 aliphatic rings. The molecule has 1 N–H and O–H groups in total. The highest BCUT2D eigenvalue weighted by Gasteiger charge is 2.16. The second kappa shape index (κ2) is 7.22. The molecule has 0 spiro atoms. The van der Waals surface area contributed by atoms with Gasteiger partial charge in [-0.2, -0.15) is 0 Å². The summed E-state index contributed by atoms with van der Waals surface area (Å²) in [4.78, 5) is 1.40. The third-order valence-electron chi connectivity index (χ3n) is 3.46. The average Bonchev–Trinajstić information content (AvgIpc) is 2.45. The quantitative estimate of drug-likeness (QED) is 0.850. The largest absolute Gasteiger partial charge is 0.363 e. The summed E-state index contributed by atoms with van der Waals surface area (Å²) in [6.07, 6.45) is 0.0248. The number of rotatable bonds is 6. The molecular weight excluding hydrogens is 246 g/mol. The van der Waals surface area contributed by atoms with Crippen LogP contribution in [0.15, 0.2) is 54.6 Å². The summed E-state index contributed by atoms with van der Waals surface area (Å²) in [6, 6.07) is 18.9. The normalized spacial score (nSPS) is 12.6. The molecule has 0 aliphatic carbocycles. The number of hydrogen-bond acceptors (Lipinski definition) is 1. The van der Waals surface area contributed by atoms with E-state index in [0.717, 1.165) is 13.2 Å². The van der Waals surface area contributed by atoms with Gasteiger partial charge in [0.2, 0.25) is 0 Å². The lowest BCUT2D eigenvalue weighted by atomic mass is 9.97. The Morgan fingerprint density at radius 1 is 0.950 bits per heavy atom. The van der Waals surface area contributed by atoms with Gasteiger partial charge in [0, 0.05) is 0 Å². The number of benzene rings is 2. The van der Waals surface area contributed by atoms with Crippen LogP contribution in [-0.2, 0) is 4.74 Å². The van der Waals surface area contributed by atoms with Crippen molar-refractivity contribution in [1.29, 1.82) is 0 Å². The Hall–Kier alpha value is -1.64. The first-order chi connectivity index (χ1) is 9.68. The van der Waals surface area contributed by atoms with E-state index in [1.165, 1.54) is 21.6 Å². The van der Waals surface area contributed by atoms with Crippen molar-refractivity contribution < 1.29 is 9.64 Å². The van der Waals surface area contributed by atoms with Gasteiger partial charge in [-0.15, -0.1) is 0 Å². The molecule has 2 rings (SSSR count). The second-order valence-electron chi connectivity index (χ2n) is 5.48. The maximum Gasteiger partial charge on any atom is 0.108 e. The number of likely N-dealkylation sites (N-methyl/N-ethyl adjacent to an activating group) is 1. The molecule has 0 saturated heterocycles. The van der Waals surface area contributed by atoms with Crippen LogP contribution in [0.2, 0.25) is 0 Å². The molecule has 0 bridgehead atoms. The Bertz CT molecular complexity index is 522. The first-order valence-corrected chi connectivity index (χ1v) is 7.19. The van der Waals surface area contributed by atoms with Crippen molar-refractivity contribution in [3.63, 3.8) is 0 Å². The predicted molar refractivity (Wildman–Crippen MR) is 83.1 cm³/mol. The van der Waals surface area contributed by atoms with Gasteiger partial charge in [0.1, 0.15) is 12.6 Å². The molecule has 0 aliphatic heterocycles. The monoisotopic (exact) mass is 270 g/mol. The van der Waals surface area contributed by atoms with Crippen molar-refractivity contribution in [2.45, 2.75) is 13.0 Å². The smallest absolute Gasteiger partial charge is 0.108 e. The number of aryl methyl sites for hydroxylation is 1. The van der Waals surface area contributed by atoms with Crippen LogP contribution < -0.4 is 4.90 Å². The van der Waals surface area contributed by atoms with Crippen LogP contribution in [-0.4, -0.2) is 27.2 Å².